The van der Waals surface area contributed by atoms with E-state index >= 15 is 0 Å². The fourth-order valence-electron chi connectivity index (χ4n) is 3.42. The van der Waals surface area contributed by atoms with Gasteiger partial charge in [-0.25, -0.2) is 9.78 Å². The highest BCUT2D eigenvalue weighted by molar-refractivity contribution is 6.08. The number of nitrogens with one attached hydrogen (secondary N) is 2. The first-order valence-electron chi connectivity index (χ1n) is 10.7. The van der Waals surface area contributed by atoms with Crippen LogP contribution in [0.4, 0.5) is 5.69 Å². The van der Waals surface area contributed by atoms with E-state index in [9.17, 15) is 14.4 Å². The molecule has 34 heavy (non-hydrogen) atoms. The van der Waals surface area contributed by atoms with Crippen molar-refractivity contribution in [1.82, 2.24) is 10.3 Å². The number of aryl methyl sites for hydroxylation is 1. The molecule has 0 unspecified atom stereocenters. The van der Waals surface area contributed by atoms with Gasteiger partial charge in [-0.05, 0) is 55.8 Å². The third-order valence-corrected chi connectivity index (χ3v) is 5.12. The van der Waals surface area contributed by atoms with Crippen LogP contribution in [0, 0.1) is 6.92 Å². The summed E-state index contributed by atoms with van der Waals surface area (Å²) in [6.45, 7) is 4.03. The molecule has 1 aliphatic rings. The maximum atomic E-state index is 12.8. The van der Waals surface area contributed by atoms with Crippen LogP contribution in [0.3, 0.4) is 0 Å². The maximum absolute atomic E-state index is 12.8. The van der Waals surface area contributed by atoms with Crippen molar-refractivity contribution in [3.8, 4) is 11.5 Å². The van der Waals surface area contributed by atoms with Crippen molar-refractivity contribution in [3.05, 3.63) is 82.7 Å². The molecule has 9 heteroatoms. The number of carbonyl (C=O) groups excluding carboxylic acids is 3. The van der Waals surface area contributed by atoms with Crippen molar-refractivity contribution in [2.45, 2.75) is 20.4 Å². The summed E-state index contributed by atoms with van der Waals surface area (Å²) in [6, 6.07) is 15.1. The van der Waals surface area contributed by atoms with Gasteiger partial charge in [-0.3, -0.25) is 9.59 Å². The number of anilines is 1. The molecule has 2 aromatic carbocycles. The maximum Gasteiger partial charge on any atom is 0.339 e. The van der Waals surface area contributed by atoms with Crippen LogP contribution in [0.1, 0.15) is 49.4 Å². The third kappa shape index (κ3) is 4.98. The van der Waals surface area contributed by atoms with Crippen LogP contribution in [0.25, 0.3) is 0 Å². The first-order valence-corrected chi connectivity index (χ1v) is 10.7. The van der Waals surface area contributed by atoms with Gasteiger partial charge in [-0.1, -0.05) is 18.2 Å². The highest BCUT2D eigenvalue weighted by Crippen LogP contribution is 2.32. The smallest absolute Gasteiger partial charge is 0.339 e. The number of ether oxygens (including phenoxy) is 3. The van der Waals surface area contributed by atoms with Crippen LogP contribution in [0.15, 0.2) is 54.6 Å². The minimum atomic E-state index is -0.505. The topological polar surface area (TPSA) is 116 Å². The van der Waals surface area contributed by atoms with Crippen LogP contribution in [-0.4, -0.2) is 36.2 Å². The summed E-state index contributed by atoms with van der Waals surface area (Å²) in [5, 5.41) is 5.57. The number of nitrogens with zero attached hydrogens (tertiary/aromatic N) is 1. The van der Waals surface area contributed by atoms with E-state index in [-0.39, 0.29) is 31.5 Å². The molecule has 2 heterocycles. The Morgan fingerprint density at radius 2 is 1.76 bits per heavy atom. The minimum Gasteiger partial charge on any atom is -0.462 e. The number of para-hydroxylation sites is 1. The Kier molecular flexibility index (Phi) is 6.72. The van der Waals surface area contributed by atoms with E-state index in [1.54, 1.807) is 44.2 Å². The minimum absolute atomic E-state index is 0.112. The Bertz CT molecular complexity index is 1260. The number of hydrogen-bond donors (Lipinski definition) is 2. The number of fused-ring (bicyclic) bond motifs is 1. The lowest BCUT2D eigenvalue weighted by Crippen LogP contribution is -2.25. The Hall–Kier alpha value is -4.40. The van der Waals surface area contributed by atoms with Crippen molar-refractivity contribution in [3.63, 3.8) is 0 Å². The molecule has 0 atom stereocenters. The molecule has 0 spiro atoms. The molecular weight excluding hydrogens is 438 g/mol. The molecule has 174 valence electrons. The van der Waals surface area contributed by atoms with E-state index in [1.807, 2.05) is 12.1 Å². The van der Waals surface area contributed by atoms with Crippen LogP contribution >= 0.6 is 0 Å². The largest absolute Gasteiger partial charge is 0.462 e. The average molecular weight is 461 g/mol. The predicted octanol–water partition coefficient (Wildman–Crippen LogP) is 3.48. The number of pyridine rings is 1. The second kappa shape index (κ2) is 10.0. The van der Waals surface area contributed by atoms with E-state index in [2.05, 4.69) is 15.6 Å². The zero-order valence-electron chi connectivity index (χ0n) is 18.7. The zero-order chi connectivity index (χ0) is 24.1. The van der Waals surface area contributed by atoms with E-state index < -0.39 is 11.9 Å². The van der Waals surface area contributed by atoms with Gasteiger partial charge in [0.1, 0.15) is 5.69 Å². The summed E-state index contributed by atoms with van der Waals surface area (Å²) in [4.78, 5) is 41.8. The summed E-state index contributed by atoms with van der Waals surface area (Å²) < 4.78 is 15.6. The molecule has 0 bridgehead atoms. The third-order valence-electron chi connectivity index (χ3n) is 5.12. The molecular formula is C25H23N3O6. The molecule has 2 N–H and O–H groups in total. The van der Waals surface area contributed by atoms with E-state index in [1.165, 1.54) is 12.1 Å². The number of hydrogen-bond acceptors (Lipinski definition) is 7. The van der Waals surface area contributed by atoms with Gasteiger partial charge in [0, 0.05) is 6.54 Å². The normalized spacial score (nSPS) is 11.6. The fourth-order valence-corrected chi connectivity index (χ4v) is 3.42. The summed E-state index contributed by atoms with van der Waals surface area (Å²) >= 11 is 0. The molecule has 0 fully saturated rings. The monoisotopic (exact) mass is 461 g/mol. The van der Waals surface area contributed by atoms with Gasteiger partial charge in [0.2, 0.25) is 6.79 Å². The number of aromatic nitrogens is 1. The van der Waals surface area contributed by atoms with Crippen LogP contribution in [0.2, 0.25) is 0 Å². The summed E-state index contributed by atoms with van der Waals surface area (Å²) in [5.41, 5.74) is 2.27. The van der Waals surface area contributed by atoms with Crippen LogP contribution < -0.4 is 20.1 Å². The number of rotatable bonds is 7. The van der Waals surface area contributed by atoms with E-state index in [0.717, 1.165) is 5.56 Å². The standard InChI is InChI=1S/C25H23N3O6/c1-3-32-25(31)17-9-10-20(27-15(17)2)24(30)28-19-7-5-4-6-18(19)23(29)26-13-16-8-11-21-22(12-16)34-14-33-21/h4-12H,3,13-14H2,1-2H3,(H,26,29)(H,28,30). The SMILES string of the molecule is CCOC(=O)c1ccc(C(=O)Nc2ccccc2C(=O)NCc2ccc3c(c2)OCO3)nc1C. The molecule has 1 aliphatic heterocycles. The molecule has 9 nitrogen and oxygen atoms in total. The quantitative estimate of drug-likeness (QED) is 0.518. The molecule has 0 saturated carbocycles. The van der Waals surface area contributed by atoms with Crippen molar-refractivity contribution >= 4 is 23.5 Å². The molecule has 0 saturated heterocycles. The summed E-state index contributed by atoms with van der Waals surface area (Å²) in [6.07, 6.45) is 0. The molecule has 4 rings (SSSR count). The van der Waals surface area contributed by atoms with Gasteiger partial charge >= 0.3 is 5.97 Å². The molecule has 2 amide bonds. The second-order valence-corrected chi connectivity index (χ2v) is 7.42. The van der Waals surface area contributed by atoms with Crippen molar-refractivity contribution in [2.24, 2.45) is 0 Å². The Balaban J connectivity index is 1.44. The van der Waals surface area contributed by atoms with Crippen LogP contribution in [0.5, 0.6) is 11.5 Å². The van der Waals surface area contributed by atoms with E-state index in [4.69, 9.17) is 14.2 Å². The number of benzene rings is 2. The van der Waals surface area contributed by atoms with Gasteiger partial charge in [0.25, 0.3) is 11.8 Å². The highest BCUT2D eigenvalue weighted by atomic mass is 16.7. The van der Waals surface area contributed by atoms with Crippen LogP contribution in [-0.2, 0) is 11.3 Å². The number of esters is 1. The van der Waals surface area contributed by atoms with Gasteiger partial charge < -0.3 is 24.8 Å². The van der Waals surface area contributed by atoms with Crippen molar-refractivity contribution in [1.29, 1.82) is 0 Å². The van der Waals surface area contributed by atoms with Crippen molar-refractivity contribution < 1.29 is 28.6 Å². The zero-order valence-corrected chi connectivity index (χ0v) is 18.7. The predicted molar refractivity (Wildman–Crippen MR) is 123 cm³/mol. The van der Waals surface area contributed by atoms with Gasteiger partial charge in [0.15, 0.2) is 11.5 Å². The van der Waals surface area contributed by atoms with Crippen molar-refractivity contribution in [2.75, 3.05) is 18.7 Å². The van der Waals surface area contributed by atoms with Gasteiger partial charge in [-0.2, -0.15) is 0 Å². The molecule has 0 aliphatic carbocycles. The Morgan fingerprint density at radius 1 is 0.971 bits per heavy atom. The molecule has 0 radical (unpaired) electrons. The van der Waals surface area contributed by atoms with Gasteiger partial charge in [0.05, 0.1) is 29.1 Å². The number of carbonyl (C=O) groups is 3. The summed E-state index contributed by atoms with van der Waals surface area (Å²) in [5.74, 6) is -0.0488. The van der Waals surface area contributed by atoms with E-state index in [0.29, 0.717) is 34.0 Å². The first kappa shape index (κ1) is 22.8. The average Bonchev–Trinajstić information content (AvgIpc) is 3.31. The Morgan fingerprint density at radius 3 is 2.56 bits per heavy atom. The lowest BCUT2D eigenvalue weighted by Gasteiger charge is -2.12. The van der Waals surface area contributed by atoms with Gasteiger partial charge in [-0.15, -0.1) is 0 Å². The lowest BCUT2D eigenvalue weighted by atomic mass is 10.1. The fraction of sp³-hybridized carbons (Fsp3) is 0.200. The summed E-state index contributed by atoms with van der Waals surface area (Å²) in [7, 11) is 0. The highest BCUT2D eigenvalue weighted by Gasteiger charge is 2.18. The lowest BCUT2D eigenvalue weighted by molar-refractivity contribution is 0.0524. The second-order valence-electron chi connectivity index (χ2n) is 7.42. The number of amides is 2. The Labute approximate surface area is 196 Å². The molecule has 3 aromatic rings. The first-order chi connectivity index (χ1) is 16.5. The molecule has 1 aromatic heterocycles.